The number of halogens is 2. The molecule has 0 unspecified atom stereocenters. The molecule has 0 saturated carbocycles. The molecule has 0 spiro atoms. The minimum Gasteiger partial charge on any atom is -0.368 e. The van der Waals surface area contributed by atoms with Crippen LogP contribution in [0.5, 0.6) is 0 Å². The van der Waals surface area contributed by atoms with E-state index in [4.69, 9.17) is 23.2 Å². The molecule has 1 fully saturated rings. The number of nitrogens with one attached hydrogen (secondary N) is 1. The molecule has 1 aliphatic heterocycles. The topological polar surface area (TPSA) is 52.7 Å². The average molecular weight is 420 g/mol. The van der Waals surface area contributed by atoms with E-state index in [1.807, 2.05) is 36.1 Å². The molecule has 3 rings (SSSR count). The highest BCUT2D eigenvalue weighted by molar-refractivity contribution is 6.42. The molecule has 1 saturated heterocycles. The van der Waals surface area contributed by atoms with Crippen molar-refractivity contribution in [1.82, 2.24) is 4.90 Å². The second-order valence-electron chi connectivity index (χ2n) is 6.75. The van der Waals surface area contributed by atoms with Crippen molar-refractivity contribution in [1.29, 1.82) is 0 Å². The summed E-state index contributed by atoms with van der Waals surface area (Å²) in [5.74, 6) is -0.00289. The lowest BCUT2D eigenvalue weighted by atomic mass is 10.2. The minimum absolute atomic E-state index is 0.238. The molecule has 5 nitrogen and oxygen atoms in total. The van der Waals surface area contributed by atoms with Gasteiger partial charge in [-0.3, -0.25) is 9.59 Å². The van der Waals surface area contributed by atoms with E-state index in [-0.39, 0.29) is 11.8 Å². The van der Waals surface area contributed by atoms with Crippen molar-refractivity contribution >= 4 is 46.4 Å². The largest absolute Gasteiger partial charge is 0.368 e. The first-order chi connectivity index (χ1) is 13.5. The fourth-order valence-electron chi connectivity index (χ4n) is 3.18. The number of amides is 2. The first-order valence-corrected chi connectivity index (χ1v) is 10.1. The summed E-state index contributed by atoms with van der Waals surface area (Å²) < 4.78 is 0. The molecule has 148 valence electrons. The molecule has 28 heavy (non-hydrogen) atoms. The number of piperazine rings is 1. The van der Waals surface area contributed by atoms with Gasteiger partial charge < -0.3 is 15.1 Å². The van der Waals surface area contributed by atoms with Gasteiger partial charge in [-0.05, 0) is 48.9 Å². The molecule has 7 heteroatoms. The maximum atomic E-state index is 12.4. The number of rotatable bonds is 5. The highest BCUT2D eigenvalue weighted by atomic mass is 35.5. The fraction of sp³-hybridized carbons (Fsp3) is 0.333. The number of carbonyl (C=O) groups is 2. The van der Waals surface area contributed by atoms with Gasteiger partial charge in [-0.15, -0.1) is 0 Å². The Balaban J connectivity index is 1.57. The number of hydrogen-bond acceptors (Lipinski definition) is 3. The van der Waals surface area contributed by atoms with E-state index in [9.17, 15) is 9.59 Å². The van der Waals surface area contributed by atoms with E-state index in [0.29, 0.717) is 27.7 Å². The summed E-state index contributed by atoms with van der Waals surface area (Å²) in [5.41, 5.74) is 2.23. The SMILES string of the molecule is CCCC(=O)N1CCN(c2ccc(NC(=O)c3ccc(Cl)c(Cl)c3)cc2)CC1. The molecular weight excluding hydrogens is 397 g/mol. The van der Waals surface area contributed by atoms with Gasteiger partial charge in [0.25, 0.3) is 5.91 Å². The van der Waals surface area contributed by atoms with Gasteiger partial charge in [0.15, 0.2) is 0 Å². The third-order valence-electron chi connectivity index (χ3n) is 4.77. The monoisotopic (exact) mass is 419 g/mol. The predicted octanol–water partition coefficient (Wildman–Crippen LogP) is 4.69. The van der Waals surface area contributed by atoms with Gasteiger partial charge in [-0.25, -0.2) is 0 Å². The molecule has 0 aromatic heterocycles. The maximum Gasteiger partial charge on any atom is 0.255 e. The van der Waals surface area contributed by atoms with Crippen LogP contribution in [0.15, 0.2) is 42.5 Å². The predicted molar refractivity (Wildman–Crippen MR) is 115 cm³/mol. The summed E-state index contributed by atoms with van der Waals surface area (Å²) >= 11 is 11.9. The molecule has 0 aliphatic carbocycles. The van der Waals surface area contributed by atoms with Gasteiger partial charge >= 0.3 is 0 Å². The summed E-state index contributed by atoms with van der Waals surface area (Å²) in [6.07, 6.45) is 1.50. The van der Waals surface area contributed by atoms with E-state index >= 15 is 0 Å². The fourth-order valence-corrected chi connectivity index (χ4v) is 3.48. The average Bonchev–Trinajstić information content (AvgIpc) is 2.71. The lowest BCUT2D eigenvalue weighted by Gasteiger charge is -2.36. The van der Waals surface area contributed by atoms with Crippen LogP contribution in [0.25, 0.3) is 0 Å². The van der Waals surface area contributed by atoms with Crippen molar-refractivity contribution in [3.8, 4) is 0 Å². The van der Waals surface area contributed by atoms with Gasteiger partial charge in [-0.1, -0.05) is 30.1 Å². The summed E-state index contributed by atoms with van der Waals surface area (Å²) in [5, 5.41) is 3.62. The number of anilines is 2. The second kappa shape index (κ2) is 9.30. The Morgan fingerprint density at radius 2 is 1.64 bits per heavy atom. The lowest BCUT2D eigenvalue weighted by molar-refractivity contribution is -0.131. The molecule has 0 radical (unpaired) electrons. The molecule has 2 aromatic rings. The Morgan fingerprint density at radius 1 is 0.964 bits per heavy atom. The summed E-state index contributed by atoms with van der Waals surface area (Å²) in [7, 11) is 0. The van der Waals surface area contributed by atoms with Crippen LogP contribution in [-0.2, 0) is 4.79 Å². The van der Waals surface area contributed by atoms with Crippen LogP contribution < -0.4 is 10.2 Å². The van der Waals surface area contributed by atoms with Crippen LogP contribution in [-0.4, -0.2) is 42.9 Å². The molecule has 0 bridgehead atoms. The molecule has 2 amide bonds. The van der Waals surface area contributed by atoms with E-state index in [1.165, 1.54) is 0 Å². The summed E-state index contributed by atoms with van der Waals surface area (Å²) in [6, 6.07) is 12.5. The van der Waals surface area contributed by atoms with Gasteiger partial charge in [0.05, 0.1) is 10.0 Å². The van der Waals surface area contributed by atoms with Crippen LogP contribution >= 0.6 is 23.2 Å². The quantitative estimate of drug-likeness (QED) is 0.764. The number of carbonyl (C=O) groups excluding carboxylic acids is 2. The van der Waals surface area contributed by atoms with Crippen molar-refractivity contribution in [2.75, 3.05) is 36.4 Å². The molecular formula is C21H23Cl2N3O2. The maximum absolute atomic E-state index is 12.4. The summed E-state index contributed by atoms with van der Waals surface area (Å²) in [4.78, 5) is 28.5. The second-order valence-corrected chi connectivity index (χ2v) is 7.56. The standard InChI is InChI=1S/C21H23Cl2N3O2/c1-2-3-20(27)26-12-10-25(11-13-26)17-7-5-16(6-8-17)24-21(28)15-4-9-18(22)19(23)14-15/h4-9,14H,2-3,10-13H2,1H3,(H,24,28). The van der Waals surface area contributed by atoms with Crippen molar-refractivity contribution < 1.29 is 9.59 Å². The van der Waals surface area contributed by atoms with Crippen LogP contribution in [0, 0.1) is 0 Å². The highest BCUT2D eigenvalue weighted by Gasteiger charge is 2.20. The van der Waals surface area contributed by atoms with Gasteiger partial charge in [0.2, 0.25) is 5.91 Å². The molecule has 1 heterocycles. The molecule has 1 aliphatic rings. The Hall–Kier alpha value is -2.24. The highest BCUT2D eigenvalue weighted by Crippen LogP contribution is 2.24. The van der Waals surface area contributed by atoms with Crippen molar-refractivity contribution in [2.24, 2.45) is 0 Å². The smallest absolute Gasteiger partial charge is 0.255 e. The van der Waals surface area contributed by atoms with E-state index in [2.05, 4.69) is 10.2 Å². The third-order valence-corrected chi connectivity index (χ3v) is 5.51. The zero-order valence-electron chi connectivity index (χ0n) is 15.8. The lowest BCUT2D eigenvalue weighted by Crippen LogP contribution is -2.48. The Morgan fingerprint density at radius 3 is 2.25 bits per heavy atom. The molecule has 2 aromatic carbocycles. The zero-order chi connectivity index (χ0) is 20.1. The zero-order valence-corrected chi connectivity index (χ0v) is 17.3. The first-order valence-electron chi connectivity index (χ1n) is 9.37. The van der Waals surface area contributed by atoms with E-state index < -0.39 is 0 Å². The van der Waals surface area contributed by atoms with Crippen molar-refractivity contribution in [2.45, 2.75) is 19.8 Å². The van der Waals surface area contributed by atoms with Gasteiger partial charge in [0, 0.05) is 49.5 Å². The van der Waals surface area contributed by atoms with E-state index in [1.54, 1.807) is 18.2 Å². The van der Waals surface area contributed by atoms with Gasteiger partial charge in [-0.2, -0.15) is 0 Å². The Bertz CT molecular complexity index is 847. The number of benzene rings is 2. The number of nitrogens with zero attached hydrogens (tertiary/aromatic N) is 2. The van der Waals surface area contributed by atoms with Crippen molar-refractivity contribution in [3.05, 3.63) is 58.1 Å². The van der Waals surface area contributed by atoms with Gasteiger partial charge in [0.1, 0.15) is 0 Å². The third kappa shape index (κ3) is 4.97. The van der Waals surface area contributed by atoms with Crippen LogP contribution in [0.2, 0.25) is 10.0 Å². The van der Waals surface area contributed by atoms with Crippen molar-refractivity contribution in [3.63, 3.8) is 0 Å². The molecule has 1 N–H and O–H groups in total. The number of hydrogen-bond donors (Lipinski definition) is 1. The summed E-state index contributed by atoms with van der Waals surface area (Å²) in [6.45, 7) is 5.13. The first kappa shape index (κ1) is 20.5. The Labute approximate surface area is 175 Å². The van der Waals surface area contributed by atoms with Crippen LogP contribution in [0.4, 0.5) is 11.4 Å². The normalized spacial score (nSPS) is 14.1. The Kier molecular flexibility index (Phi) is 6.81. The van der Waals surface area contributed by atoms with Crippen LogP contribution in [0.3, 0.4) is 0 Å². The van der Waals surface area contributed by atoms with E-state index in [0.717, 1.165) is 38.3 Å². The minimum atomic E-state index is -0.241. The molecule has 0 atom stereocenters. The van der Waals surface area contributed by atoms with Crippen LogP contribution in [0.1, 0.15) is 30.1 Å².